The normalized spacial score (nSPS) is 10.4. The van der Waals surface area contributed by atoms with Gasteiger partial charge in [0, 0.05) is 25.5 Å². The largest absolute Gasteiger partial charge is 0.307 e. The van der Waals surface area contributed by atoms with Crippen LogP contribution in [0.3, 0.4) is 0 Å². The fraction of sp³-hybridized carbons (Fsp3) is 0.286. The van der Waals surface area contributed by atoms with Crippen molar-refractivity contribution in [3.8, 4) is 0 Å². The van der Waals surface area contributed by atoms with Crippen molar-refractivity contribution in [3.05, 3.63) is 47.8 Å². The summed E-state index contributed by atoms with van der Waals surface area (Å²) < 4.78 is 1.60. The average Bonchev–Trinajstić information content (AvgIpc) is 2.76. The third kappa shape index (κ3) is 2.27. The van der Waals surface area contributed by atoms with Crippen LogP contribution in [0.15, 0.2) is 36.5 Å². The molecule has 0 aliphatic rings. The van der Waals surface area contributed by atoms with Crippen molar-refractivity contribution in [2.24, 2.45) is 7.05 Å². The van der Waals surface area contributed by atoms with E-state index >= 15 is 0 Å². The minimum atomic E-state index is -0.0249. The van der Waals surface area contributed by atoms with Crippen molar-refractivity contribution in [3.63, 3.8) is 0 Å². The van der Waals surface area contributed by atoms with Gasteiger partial charge in [0.05, 0.1) is 0 Å². The van der Waals surface area contributed by atoms with Crippen LogP contribution in [0.1, 0.15) is 23.0 Å². The van der Waals surface area contributed by atoms with Gasteiger partial charge in [-0.2, -0.15) is 5.10 Å². The summed E-state index contributed by atoms with van der Waals surface area (Å²) in [6.07, 6.45) is 1.64. The minimum Gasteiger partial charge on any atom is -0.307 e. The number of aryl methyl sites for hydroxylation is 2. The van der Waals surface area contributed by atoms with Crippen LogP contribution >= 0.6 is 0 Å². The Morgan fingerprint density at radius 3 is 2.72 bits per heavy atom. The summed E-state index contributed by atoms with van der Waals surface area (Å²) in [4.78, 5) is 14.2. The zero-order valence-electron chi connectivity index (χ0n) is 10.9. The number of anilines is 1. The maximum atomic E-state index is 12.4. The van der Waals surface area contributed by atoms with Crippen molar-refractivity contribution in [2.45, 2.75) is 13.8 Å². The van der Waals surface area contributed by atoms with E-state index < -0.39 is 0 Å². The number of carbonyl (C=O) groups excluding carboxylic acids is 1. The van der Waals surface area contributed by atoms with Crippen molar-refractivity contribution < 1.29 is 4.79 Å². The lowest BCUT2D eigenvalue weighted by Gasteiger charge is -2.21. The quantitative estimate of drug-likeness (QED) is 0.830. The maximum absolute atomic E-state index is 12.4. The fourth-order valence-corrected chi connectivity index (χ4v) is 1.96. The second kappa shape index (κ2) is 5.04. The highest BCUT2D eigenvalue weighted by molar-refractivity contribution is 6.04. The number of benzene rings is 1. The van der Waals surface area contributed by atoms with Crippen LogP contribution in [0, 0.1) is 6.92 Å². The second-order valence-corrected chi connectivity index (χ2v) is 4.23. The standard InChI is InChI=1S/C14H17N3O/c1-4-17(12-7-5-6-11(2)10-12)14(18)13-8-9-15-16(13)3/h5-10H,4H2,1-3H3. The molecule has 18 heavy (non-hydrogen) atoms. The number of amides is 1. The molecule has 1 aromatic heterocycles. The number of rotatable bonds is 3. The highest BCUT2D eigenvalue weighted by atomic mass is 16.2. The predicted molar refractivity (Wildman–Crippen MR) is 71.7 cm³/mol. The second-order valence-electron chi connectivity index (χ2n) is 4.23. The summed E-state index contributed by atoms with van der Waals surface area (Å²) in [7, 11) is 1.78. The van der Waals surface area contributed by atoms with E-state index in [0.29, 0.717) is 12.2 Å². The first-order chi connectivity index (χ1) is 8.63. The van der Waals surface area contributed by atoms with E-state index in [0.717, 1.165) is 11.3 Å². The molecule has 0 atom stereocenters. The summed E-state index contributed by atoms with van der Waals surface area (Å²) >= 11 is 0. The first kappa shape index (κ1) is 12.4. The lowest BCUT2D eigenvalue weighted by molar-refractivity contribution is 0.0979. The number of aromatic nitrogens is 2. The van der Waals surface area contributed by atoms with Crippen LogP contribution < -0.4 is 4.90 Å². The van der Waals surface area contributed by atoms with Crippen molar-refractivity contribution in [2.75, 3.05) is 11.4 Å². The molecule has 1 aromatic carbocycles. The average molecular weight is 243 g/mol. The van der Waals surface area contributed by atoms with Gasteiger partial charge < -0.3 is 4.90 Å². The molecule has 0 aliphatic carbocycles. The Balaban J connectivity index is 2.35. The van der Waals surface area contributed by atoms with Gasteiger partial charge >= 0.3 is 0 Å². The molecule has 0 saturated carbocycles. The third-order valence-corrected chi connectivity index (χ3v) is 2.91. The molecule has 94 valence electrons. The third-order valence-electron chi connectivity index (χ3n) is 2.91. The van der Waals surface area contributed by atoms with Crippen LogP contribution in [0.25, 0.3) is 0 Å². The summed E-state index contributed by atoms with van der Waals surface area (Å²) in [6, 6.07) is 9.68. The van der Waals surface area contributed by atoms with Crippen molar-refractivity contribution in [1.29, 1.82) is 0 Å². The molecular weight excluding hydrogens is 226 g/mol. The van der Waals surface area contributed by atoms with Gasteiger partial charge in [-0.05, 0) is 37.6 Å². The van der Waals surface area contributed by atoms with Gasteiger partial charge in [-0.15, -0.1) is 0 Å². The number of hydrogen-bond donors (Lipinski definition) is 0. The molecule has 0 spiro atoms. The first-order valence-corrected chi connectivity index (χ1v) is 6.00. The zero-order valence-corrected chi connectivity index (χ0v) is 10.9. The molecule has 0 N–H and O–H groups in total. The van der Waals surface area contributed by atoms with E-state index in [1.54, 1.807) is 28.9 Å². The van der Waals surface area contributed by atoms with Gasteiger partial charge in [0.15, 0.2) is 0 Å². The molecule has 0 fully saturated rings. The van der Waals surface area contributed by atoms with Crippen molar-refractivity contribution >= 4 is 11.6 Å². The topological polar surface area (TPSA) is 38.1 Å². The monoisotopic (exact) mass is 243 g/mol. The Morgan fingerprint density at radius 1 is 1.39 bits per heavy atom. The van der Waals surface area contributed by atoms with Crippen LogP contribution in [0.2, 0.25) is 0 Å². The molecule has 0 unspecified atom stereocenters. The Kier molecular flexibility index (Phi) is 3.46. The van der Waals surface area contributed by atoms with E-state index in [-0.39, 0.29) is 5.91 Å². The molecule has 4 heteroatoms. The smallest absolute Gasteiger partial charge is 0.276 e. The molecule has 0 aliphatic heterocycles. The molecular formula is C14H17N3O. The minimum absolute atomic E-state index is 0.0249. The molecule has 2 aromatic rings. The Hall–Kier alpha value is -2.10. The van der Waals surface area contributed by atoms with E-state index in [1.165, 1.54) is 0 Å². The van der Waals surface area contributed by atoms with Gasteiger partial charge in [0.1, 0.15) is 5.69 Å². The molecule has 0 bridgehead atoms. The zero-order chi connectivity index (χ0) is 13.1. The number of nitrogens with zero attached hydrogens (tertiary/aromatic N) is 3. The first-order valence-electron chi connectivity index (χ1n) is 6.00. The van der Waals surface area contributed by atoms with Gasteiger partial charge in [0.2, 0.25) is 0 Å². The van der Waals surface area contributed by atoms with E-state index in [4.69, 9.17) is 0 Å². The molecule has 0 radical (unpaired) electrons. The Morgan fingerprint density at radius 2 is 2.17 bits per heavy atom. The number of hydrogen-bond acceptors (Lipinski definition) is 2. The SMILES string of the molecule is CCN(C(=O)c1ccnn1C)c1cccc(C)c1. The van der Waals surface area contributed by atoms with Gasteiger partial charge in [-0.1, -0.05) is 12.1 Å². The lowest BCUT2D eigenvalue weighted by atomic mass is 10.2. The van der Waals surface area contributed by atoms with Crippen LogP contribution in [0.5, 0.6) is 0 Å². The molecule has 2 rings (SSSR count). The maximum Gasteiger partial charge on any atom is 0.276 e. The summed E-state index contributed by atoms with van der Waals surface area (Å²) in [6.45, 7) is 4.62. The molecule has 1 heterocycles. The summed E-state index contributed by atoms with van der Waals surface area (Å²) in [5.74, 6) is -0.0249. The number of carbonyl (C=O) groups is 1. The Labute approximate surface area is 107 Å². The van der Waals surface area contributed by atoms with Gasteiger partial charge in [-0.25, -0.2) is 0 Å². The van der Waals surface area contributed by atoms with Crippen LogP contribution in [-0.4, -0.2) is 22.2 Å². The van der Waals surface area contributed by atoms with Crippen molar-refractivity contribution in [1.82, 2.24) is 9.78 Å². The fourth-order valence-electron chi connectivity index (χ4n) is 1.96. The highest BCUT2D eigenvalue weighted by Crippen LogP contribution is 2.18. The Bertz CT molecular complexity index is 560. The predicted octanol–water partition coefficient (Wildman–Crippen LogP) is 2.40. The van der Waals surface area contributed by atoms with E-state index in [1.807, 2.05) is 38.1 Å². The van der Waals surface area contributed by atoms with Crippen LogP contribution in [-0.2, 0) is 7.05 Å². The molecule has 4 nitrogen and oxygen atoms in total. The summed E-state index contributed by atoms with van der Waals surface area (Å²) in [5, 5.41) is 4.03. The van der Waals surface area contributed by atoms with E-state index in [2.05, 4.69) is 5.10 Å². The molecule has 0 saturated heterocycles. The molecule has 1 amide bonds. The highest BCUT2D eigenvalue weighted by Gasteiger charge is 2.18. The van der Waals surface area contributed by atoms with Crippen LogP contribution in [0.4, 0.5) is 5.69 Å². The summed E-state index contributed by atoms with van der Waals surface area (Å²) in [5.41, 5.74) is 2.66. The lowest BCUT2D eigenvalue weighted by Crippen LogP contribution is -2.32. The van der Waals surface area contributed by atoms with E-state index in [9.17, 15) is 4.79 Å². The van der Waals surface area contributed by atoms with Gasteiger partial charge in [0.25, 0.3) is 5.91 Å². The van der Waals surface area contributed by atoms with Gasteiger partial charge in [-0.3, -0.25) is 9.48 Å².